The van der Waals surface area contributed by atoms with Crippen molar-refractivity contribution in [3.05, 3.63) is 145 Å². The molecule has 0 saturated heterocycles. The normalized spacial score (nSPS) is 11.7. The van der Waals surface area contributed by atoms with Gasteiger partial charge in [-0.05, 0) is 152 Å². The molecule has 88 heavy (non-hydrogen) atoms. The fraction of sp³-hybridized carbons (Fsp3) is 0.389. The molecule has 7 aromatic rings. The van der Waals surface area contributed by atoms with Crippen LogP contribution in [0.4, 0.5) is 0 Å². The predicted octanol–water partition coefficient (Wildman–Crippen LogP) is 13.0. The number of unbranched alkanes of at least 4 members (excludes halogenated alkanes) is 8. The first-order valence-corrected chi connectivity index (χ1v) is 31.9. The van der Waals surface area contributed by atoms with Crippen molar-refractivity contribution in [1.82, 2.24) is 19.9 Å². The van der Waals surface area contributed by atoms with Gasteiger partial charge in [-0.15, -0.1) is 0 Å². The van der Waals surface area contributed by atoms with Crippen molar-refractivity contribution in [2.75, 3.05) is 26.4 Å². The Bertz CT molecular complexity index is 3310. The second-order valence-corrected chi connectivity index (χ2v) is 22.3. The predicted molar refractivity (Wildman–Crippen MR) is 342 cm³/mol. The number of aryl methyl sites for hydroxylation is 4. The molecule has 0 saturated carbocycles. The highest BCUT2D eigenvalue weighted by atomic mass is 16.5. The maximum Gasteiger partial charge on any atom is 0.305 e. The third kappa shape index (κ3) is 17.6. The molecule has 8 bridgehead atoms. The standard InChI is InChI=1S/C72H86N8O8/c1-5-85-65(81)29-13-9-17-41-77-45-21-25-53(49-77)69-57-33-35-59(73-57)70(54-26-22-46-78(50-54)42-18-10-14-30-66(82)86-6-2)61-37-39-63(75-61)72(56-28-24-48-80(52-56)44-20-12-16-32-68(84)88-8-4)64-40-38-62(76-64)71(60-36-34-58(69)74-60)55-27-23-47-79(51-55)43-19-11-15-31-67(83)87-7-3/h21-28,33-40,45-52,73,76H,5-20,29-32,41-44H2,1-4H3/q+4. The summed E-state index contributed by atoms with van der Waals surface area (Å²) in [4.78, 5) is 67.7. The van der Waals surface area contributed by atoms with Crippen molar-refractivity contribution in [3.8, 4) is 44.5 Å². The molecule has 2 N–H and O–H groups in total. The molecular weight excluding hydrogens is 1100 g/mol. The first-order valence-electron chi connectivity index (χ1n) is 31.9. The largest absolute Gasteiger partial charge is 0.466 e. The van der Waals surface area contributed by atoms with Gasteiger partial charge in [0.15, 0.2) is 49.6 Å². The Morgan fingerprint density at radius 1 is 0.341 bits per heavy atom. The molecule has 16 nitrogen and oxygen atoms in total. The molecular formula is C72H86N8O8+4. The van der Waals surface area contributed by atoms with Crippen LogP contribution in [0.2, 0.25) is 0 Å². The number of H-pyrrole nitrogens is 2. The van der Waals surface area contributed by atoms with Gasteiger partial charge in [0.05, 0.1) is 49.2 Å². The van der Waals surface area contributed by atoms with E-state index in [0.717, 1.165) is 193 Å². The summed E-state index contributed by atoms with van der Waals surface area (Å²) < 4.78 is 29.7. The van der Waals surface area contributed by atoms with Crippen molar-refractivity contribution in [1.29, 1.82) is 0 Å². The van der Waals surface area contributed by atoms with E-state index in [-0.39, 0.29) is 23.9 Å². The Balaban J connectivity index is 1.21. The maximum absolute atomic E-state index is 12.1. The summed E-state index contributed by atoms with van der Waals surface area (Å²) in [6, 6.07) is 25.6. The Morgan fingerprint density at radius 2 is 0.580 bits per heavy atom. The number of hydrogen-bond acceptors (Lipinski definition) is 10. The van der Waals surface area contributed by atoms with Gasteiger partial charge in [-0.1, -0.05) is 0 Å². The number of aromatic amines is 2. The second kappa shape index (κ2) is 32.7. The van der Waals surface area contributed by atoms with E-state index in [1.54, 1.807) is 0 Å². The van der Waals surface area contributed by atoms with Gasteiger partial charge in [0.2, 0.25) is 0 Å². The molecule has 9 heterocycles. The Kier molecular flexibility index (Phi) is 23.6. The maximum atomic E-state index is 12.1. The second-order valence-electron chi connectivity index (χ2n) is 22.3. The monoisotopic (exact) mass is 1190 g/mol. The zero-order valence-corrected chi connectivity index (χ0v) is 51.8. The van der Waals surface area contributed by atoms with Crippen LogP contribution in [-0.4, -0.2) is 70.2 Å². The summed E-state index contributed by atoms with van der Waals surface area (Å²) >= 11 is 0. The van der Waals surface area contributed by atoms with E-state index < -0.39 is 0 Å². The van der Waals surface area contributed by atoms with Gasteiger partial charge in [-0.25, -0.2) is 28.2 Å². The van der Waals surface area contributed by atoms with Crippen LogP contribution in [0.3, 0.4) is 0 Å². The molecule has 16 heteroatoms. The van der Waals surface area contributed by atoms with Gasteiger partial charge >= 0.3 is 23.9 Å². The van der Waals surface area contributed by atoms with Crippen molar-refractivity contribution >= 4 is 70.2 Å². The first-order chi connectivity index (χ1) is 43.1. The minimum Gasteiger partial charge on any atom is -0.466 e. The Hall–Kier alpha value is -8.92. The van der Waals surface area contributed by atoms with Crippen LogP contribution < -0.4 is 18.3 Å². The Labute approximate surface area is 517 Å². The summed E-state index contributed by atoms with van der Waals surface area (Å²) in [5.41, 5.74) is 14.5. The molecule has 0 amide bonds. The number of ether oxygens (including phenoxy) is 4. The number of esters is 4. The number of hydrogen-bond donors (Lipinski definition) is 2. The molecule has 7 aromatic heterocycles. The van der Waals surface area contributed by atoms with E-state index in [1.165, 1.54) is 0 Å². The molecule has 0 spiro atoms. The zero-order chi connectivity index (χ0) is 61.5. The number of carbonyl (C=O) groups excluding carboxylic acids is 4. The molecule has 0 fully saturated rings. The fourth-order valence-electron chi connectivity index (χ4n) is 11.6. The lowest BCUT2D eigenvalue weighted by Crippen LogP contribution is -2.32. The van der Waals surface area contributed by atoms with Crippen molar-refractivity contribution in [2.24, 2.45) is 0 Å². The third-order valence-corrected chi connectivity index (χ3v) is 15.8. The lowest BCUT2D eigenvalue weighted by molar-refractivity contribution is -0.697. The minimum atomic E-state index is -0.152. The summed E-state index contributed by atoms with van der Waals surface area (Å²) in [6.07, 6.45) is 37.6. The van der Waals surface area contributed by atoms with Crippen molar-refractivity contribution in [3.63, 3.8) is 0 Å². The third-order valence-electron chi connectivity index (χ3n) is 15.8. The molecule has 0 atom stereocenters. The highest BCUT2D eigenvalue weighted by Crippen LogP contribution is 2.38. The zero-order valence-electron chi connectivity index (χ0n) is 51.8. The van der Waals surface area contributed by atoms with Gasteiger partial charge in [-0.3, -0.25) is 19.2 Å². The number of carbonyl (C=O) groups is 4. The summed E-state index contributed by atoms with van der Waals surface area (Å²) in [6.45, 7) is 12.0. The number of fused-ring (bicyclic) bond motifs is 8. The van der Waals surface area contributed by atoms with Gasteiger partial charge < -0.3 is 28.9 Å². The number of nitrogens with zero attached hydrogens (tertiary/aromatic N) is 6. The van der Waals surface area contributed by atoms with Crippen LogP contribution in [-0.2, 0) is 64.3 Å². The number of nitrogens with one attached hydrogen (secondary N) is 2. The Morgan fingerprint density at radius 3 is 0.807 bits per heavy atom. The van der Waals surface area contributed by atoms with Gasteiger partial charge in [0.1, 0.15) is 26.2 Å². The number of rotatable bonds is 32. The average molecular weight is 1190 g/mol. The molecule has 0 aliphatic carbocycles. The van der Waals surface area contributed by atoms with Gasteiger partial charge in [0, 0.05) is 142 Å². The average Bonchev–Trinajstić information content (AvgIpc) is 2.69. The molecule has 2 aliphatic rings. The van der Waals surface area contributed by atoms with Crippen LogP contribution >= 0.6 is 0 Å². The molecule has 9 rings (SSSR count). The lowest BCUT2D eigenvalue weighted by Gasteiger charge is -2.07. The number of aromatic nitrogens is 8. The molecule has 0 radical (unpaired) electrons. The topological polar surface area (TPSA) is 178 Å². The van der Waals surface area contributed by atoms with Gasteiger partial charge in [-0.2, -0.15) is 0 Å². The molecule has 0 unspecified atom stereocenters. The van der Waals surface area contributed by atoms with Crippen LogP contribution in [0, 0.1) is 0 Å². The van der Waals surface area contributed by atoms with E-state index in [2.05, 4.69) is 175 Å². The summed E-state index contributed by atoms with van der Waals surface area (Å²) in [5.74, 6) is -0.607. The summed E-state index contributed by atoms with van der Waals surface area (Å²) in [5, 5.41) is 0. The van der Waals surface area contributed by atoms with Crippen LogP contribution in [0.5, 0.6) is 0 Å². The lowest BCUT2D eigenvalue weighted by atomic mass is 10.1. The summed E-state index contributed by atoms with van der Waals surface area (Å²) in [7, 11) is 0. The smallest absolute Gasteiger partial charge is 0.305 e. The molecule has 2 aliphatic heterocycles. The van der Waals surface area contributed by atoms with E-state index in [0.29, 0.717) is 52.1 Å². The van der Waals surface area contributed by atoms with Crippen LogP contribution in [0.15, 0.2) is 122 Å². The highest BCUT2D eigenvalue weighted by molar-refractivity contribution is 5.99. The fourth-order valence-corrected chi connectivity index (χ4v) is 11.6. The quantitative estimate of drug-likeness (QED) is 0.0178. The molecule has 458 valence electrons. The van der Waals surface area contributed by atoms with E-state index in [4.69, 9.17) is 28.9 Å². The van der Waals surface area contributed by atoms with E-state index >= 15 is 0 Å². The van der Waals surface area contributed by atoms with Crippen molar-refractivity contribution < 1.29 is 56.4 Å². The van der Waals surface area contributed by atoms with Crippen molar-refractivity contribution in [2.45, 2.75) is 157 Å². The van der Waals surface area contributed by atoms with E-state index in [1.807, 2.05) is 27.7 Å². The van der Waals surface area contributed by atoms with E-state index in [9.17, 15) is 19.2 Å². The van der Waals surface area contributed by atoms with Gasteiger partial charge in [0.25, 0.3) is 0 Å². The minimum absolute atomic E-state index is 0.152. The van der Waals surface area contributed by atoms with Crippen LogP contribution in [0.25, 0.3) is 90.9 Å². The van der Waals surface area contributed by atoms with Crippen LogP contribution in [0.1, 0.15) is 153 Å². The molecule has 0 aromatic carbocycles. The number of pyridine rings is 4. The SMILES string of the molecule is CCOC(=O)CCCCC[n+]1cccc(-c2c3nc(c(-c4ccc[n+](CCCCCC(=O)OCC)c4)c4ccc([nH]4)c(-c4ccc[n+](CCCCCC(=O)OCC)c4)c4nc(c(-c5ccc[n+](CCCCCC(=O)OCC)c5)c5ccc2[nH]5)C=C4)C=C3)c1. The highest BCUT2D eigenvalue weighted by Gasteiger charge is 2.23. The first kappa shape index (κ1) is 63.6.